The molecule has 1 fully saturated rings. The molecule has 0 N–H and O–H groups in total. The summed E-state index contributed by atoms with van der Waals surface area (Å²) in [6.07, 6.45) is 2.97. The van der Waals surface area contributed by atoms with E-state index in [2.05, 4.69) is 4.98 Å². The van der Waals surface area contributed by atoms with E-state index >= 15 is 0 Å². The highest BCUT2D eigenvalue weighted by molar-refractivity contribution is 6.62. The Kier molecular flexibility index (Phi) is 1.84. The molecule has 1 aromatic heterocycles. The minimum Gasteiger partial charge on any atom is -0.399 e. The van der Waals surface area contributed by atoms with E-state index in [-0.39, 0.29) is 5.56 Å². The maximum absolute atomic E-state index is 7.57. The fourth-order valence-electron chi connectivity index (χ4n) is 1.56. The van der Waals surface area contributed by atoms with Crippen molar-refractivity contribution in [3.8, 4) is 0 Å². The van der Waals surface area contributed by atoms with Crippen molar-refractivity contribution in [1.29, 1.82) is 0 Å². The zero-order chi connectivity index (χ0) is 14.5. The molecule has 2 rings (SSSR count). The molecule has 86 valence electrons. The summed E-state index contributed by atoms with van der Waals surface area (Å²) < 4.78 is 34.5. The van der Waals surface area contributed by atoms with Gasteiger partial charge in [-0.15, -0.1) is 0 Å². The molecule has 1 aromatic rings. The van der Waals surface area contributed by atoms with Crippen LogP contribution in [0.5, 0.6) is 0 Å². The third-order valence-corrected chi connectivity index (χ3v) is 3.36. The van der Waals surface area contributed by atoms with Gasteiger partial charge < -0.3 is 9.31 Å². The molecule has 16 heavy (non-hydrogen) atoms. The summed E-state index contributed by atoms with van der Waals surface area (Å²) in [6, 6.07) is 1.49. The molecule has 4 heteroatoms. The van der Waals surface area contributed by atoms with Gasteiger partial charge in [0, 0.05) is 22.0 Å². The van der Waals surface area contributed by atoms with Gasteiger partial charge in [-0.2, -0.15) is 0 Å². The maximum Gasteiger partial charge on any atom is 0.496 e. The molecule has 0 radical (unpaired) electrons. The lowest BCUT2D eigenvalue weighted by Gasteiger charge is -2.32. The second kappa shape index (κ2) is 3.57. The molecule has 0 aromatic carbocycles. The molecule has 0 saturated carbocycles. The highest BCUT2D eigenvalue weighted by Gasteiger charge is 2.52. The first kappa shape index (κ1) is 8.26. The van der Waals surface area contributed by atoms with Crippen molar-refractivity contribution in [3.63, 3.8) is 0 Å². The molecule has 0 unspecified atom stereocenters. The third kappa shape index (κ3) is 1.76. The van der Waals surface area contributed by atoms with Crippen molar-refractivity contribution in [1.82, 2.24) is 4.98 Å². The van der Waals surface area contributed by atoms with Crippen LogP contribution in [0.3, 0.4) is 0 Å². The van der Waals surface area contributed by atoms with Gasteiger partial charge in [-0.25, -0.2) is 0 Å². The Hall–Kier alpha value is -0.865. The lowest BCUT2D eigenvalue weighted by Crippen LogP contribution is -2.41. The fourth-order valence-corrected chi connectivity index (χ4v) is 1.56. The zero-order valence-corrected chi connectivity index (χ0v) is 10.1. The molecule has 1 saturated heterocycles. The van der Waals surface area contributed by atoms with Gasteiger partial charge in [-0.05, 0) is 46.2 Å². The van der Waals surface area contributed by atoms with E-state index in [9.17, 15) is 0 Å². The molecule has 3 nitrogen and oxygen atoms in total. The first-order chi connectivity index (χ1) is 8.55. The van der Waals surface area contributed by atoms with E-state index < -0.39 is 25.2 Å². The summed E-state index contributed by atoms with van der Waals surface area (Å²) in [5, 5.41) is 0. The molecule has 0 bridgehead atoms. The summed E-state index contributed by atoms with van der Waals surface area (Å²) in [5.41, 5.74) is -0.305. The van der Waals surface area contributed by atoms with E-state index in [0.29, 0.717) is 5.46 Å². The largest absolute Gasteiger partial charge is 0.496 e. The van der Waals surface area contributed by atoms with Crippen molar-refractivity contribution in [2.24, 2.45) is 0 Å². The second-order valence-electron chi connectivity index (χ2n) is 5.05. The standard InChI is InChI=1S/C12H18BNO2/c1-9-6-7-14-8-10(9)13-15-11(2,3)12(4,5)16-13/h6-8H,1-5H3/i1D3. The first-order valence-electron chi connectivity index (χ1n) is 6.85. The predicted molar refractivity (Wildman–Crippen MR) is 64.7 cm³/mol. The van der Waals surface area contributed by atoms with E-state index in [4.69, 9.17) is 13.4 Å². The second-order valence-corrected chi connectivity index (χ2v) is 5.05. The summed E-state index contributed by atoms with van der Waals surface area (Å²) >= 11 is 0. The maximum atomic E-state index is 7.57. The molecule has 0 atom stereocenters. The van der Waals surface area contributed by atoms with Crippen molar-refractivity contribution >= 4 is 12.6 Å². The predicted octanol–water partition coefficient (Wildman–Crippen LogP) is 1.69. The van der Waals surface area contributed by atoms with Gasteiger partial charge in [0.2, 0.25) is 0 Å². The molecule has 1 aliphatic heterocycles. The summed E-state index contributed by atoms with van der Waals surface area (Å²) in [4.78, 5) is 3.99. The number of aromatic nitrogens is 1. The Balaban J connectivity index is 2.41. The van der Waals surface area contributed by atoms with Gasteiger partial charge >= 0.3 is 7.12 Å². The highest BCUT2D eigenvalue weighted by atomic mass is 16.7. The quantitative estimate of drug-likeness (QED) is 0.677. The van der Waals surface area contributed by atoms with Gasteiger partial charge in [-0.1, -0.05) is 0 Å². The summed E-state index contributed by atoms with van der Waals surface area (Å²) in [7, 11) is -0.700. The van der Waals surface area contributed by atoms with Gasteiger partial charge in [0.15, 0.2) is 0 Å². The lowest BCUT2D eigenvalue weighted by molar-refractivity contribution is 0.00578. The van der Waals surface area contributed by atoms with Crippen LogP contribution in [0, 0.1) is 6.85 Å². The van der Waals surface area contributed by atoms with Crippen LogP contribution in [-0.4, -0.2) is 23.3 Å². The van der Waals surface area contributed by atoms with Crippen molar-refractivity contribution in [2.75, 3.05) is 0 Å². The van der Waals surface area contributed by atoms with Crippen LogP contribution in [0.1, 0.15) is 37.4 Å². The molecular formula is C12H18BNO2. The minimum atomic E-state index is -2.21. The molecule has 1 aliphatic rings. The van der Waals surface area contributed by atoms with Gasteiger partial charge in [-0.3, -0.25) is 4.98 Å². The Bertz CT molecular complexity index is 472. The Morgan fingerprint density at radius 2 is 1.88 bits per heavy atom. The van der Waals surface area contributed by atoms with E-state index in [1.54, 1.807) is 0 Å². The van der Waals surface area contributed by atoms with Crippen molar-refractivity contribution in [3.05, 3.63) is 24.0 Å². The van der Waals surface area contributed by atoms with Crippen LogP contribution in [0.15, 0.2) is 18.5 Å². The normalized spacial score (nSPS) is 26.0. The topological polar surface area (TPSA) is 31.4 Å². The van der Waals surface area contributed by atoms with E-state index in [1.807, 2.05) is 27.7 Å². The summed E-state index contributed by atoms with van der Waals surface area (Å²) in [6.45, 7) is 5.51. The van der Waals surface area contributed by atoms with Gasteiger partial charge in [0.1, 0.15) is 0 Å². The first-order valence-corrected chi connectivity index (χ1v) is 5.35. The van der Waals surface area contributed by atoms with Crippen LogP contribution < -0.4 is 5.46 Å². The number of rotatable bonds is 1. The minimum absolute atomic E-state index is 0.223. The van der Waals surface area contributed by atoms with Crippen molar-refractivity contribution in [2.45, 2.75) is 45.7 Å². The molecule has 0 aliphatic carbocycles. The third-order valence-electron chi connectivity index (χ3n) is 3.36. The Labute approximate surface area is 102 Å². The average molecular weight is 222 g/mol. The lowest BCUT2D eigenvalue weighted by atomic mass is 9.77. The van der Waals surface area contributed by atoms with Crippen molar-refractivity contribution < 1.29 is 13.4 Å². The van der Waals surface area contributed by atoms with Crippen LogP contribution in [0.25, 0.3) is 0 Å². The van der Waals surface area contributed by atoms with Crippen LogP contribution >= 0.6 is 0 Å². The summed E-state index contributed by atoms with van der Waals surface area (Å²) in [5.74, 6) is 0. The number of aryl methyl sites for hydroxylation is 1. The number of nitrogens with zero attached hydrogens (tertiary/aromatic N) is 1. The Morgan fingerprint density at radius 1 is 1.25 bits per heavy atom. The van der Waals surface area contributed by atoms with Crippen LogP contribution in [0.4, 0.5) is 0 Å². The Morgan fingerprint density at radius 3 is 2.44 bits per heavy atom. The fraction of sp³-hybridized carbons (Fsp3) is 0.583. The van der Waals surface area contributed by atoms with E-state index in [1.165, 1.54) is 18.5 Å². The van der Waals surface area contributed by atoms with E-state index in [0.717, 1.165) is 0 Å². The number of hydrogen-bond acceptors (Lipinski definition) is 3. The average Bonchev–Trinajstić information content (AvgIpc) is 2.47. The van der Waals surface area contributed by atoms with Crippen LogP contribution in [0.2, 0.25) is 0 Å². The van der Waals surface area contributed by atoms with Gasteiger partial charge in [0.05, 0.1) is 11.2 Å². The number of pyridine rings is 1. The molecule has 2 heterocycles. The molecule has 0 spiro atoms. The van der Waals surface area contributed by atoms with Gasteiger partial charge in [0.25, 0.3) is 0 Å². The highest BCUT2D eigenvalue weighted by Crippen LogP contribution is 2.36. The molecular weight excluding hydrogens is 201 g/mol. The molecule has 0 amide bonds. The monoisotopic (exact) mass is 222 g/mol. The number of hydrogen-bond donors (Lipinski definition) is 0. The van der Waals surface area contributed by atoms with Crippen LogP contribution in [-0.2, 0) is 9.31 Å². The SMILES string of the molecule is [2H]C([2H])([2H])c1ccncc1B1OC(C)(C)C(C)(C)O1. The smallest absolute Gasteiger partial charge is 0.399 e. The zero-order valence-electron chi connectivity index (χ0n) is 13.1.